The standard InChI is InChI=1S/C13H24N2O4/c1-18-9-3-6-14-12(16)10-15-7-4-11(5-8-15)13(17)19-2/h11H,3-10H2,1-2H3,(H,14,16). The lowest BCUT2D eigenvalue weighted by Crippen LogP contribution is -2.43. The van der Waals surface area contributed by atoms with Crippen molar-refractivity contribution in [2.45, 2.75) is 19.3 Å². The number of amides is 1. The zero-order valence-electron chi connectivity index (χ0n) is 11.8. The Kier molecular flexibility index (Phi) is 7.43. The van der Waals surface area contributed by atoms with Gasteiger partial charge in [-0.2, -0.15) is 0 Å². The number of esters is 1. The highest BCUT2D eigenvalue weighted by molar-refractivity contribution is 5.78. The van der Waals surface area contributed by atoms with Crippen LogP contribution in [0.1, 0.15) is 19.3 Å². The van der Waals surface area contributed by atoms with Crippen LogP contribution in [0.2, 0.25) is 0 Å². The molecule has 0 saturated carbocycles. The molecule has 19 heavy (non-hydrogen) atoms. The second-order valence-electron chi connectivity index (χ2n) is 4.77. The summed E-state index contributed by atoms with van der Waals surface area (Å²) in [4.78, 5) is 25.1. The van der Waals surface area contributed by atoms with E-state index in [1.54, 1.807) is 7.11 Å². The Morgan fingerprint density at radius 2 is 1.95 bits per heavy atom. The van der Waals surface area contributed by atoms with Gasteiger partial charge in [-0.25, -0.2) is 0 Å². The van der Waals surface area contributed by atoms with Gasteiger partial charge in [0, 0.05) is 20.3 Å². The number of hydrogen-bond donors (Lipinski definition) is 1. The van der Waals surface area contributed by atoms with Gasteiger partial charge in [0.05, 0.1) is 19.6 Å². The fourth-order valence-electron chi connectivity index (χ4n) is 2.20. The molecule has 1 heterocycles. The summed E-state index contributed by atoms with van der Waals surface area (Å²) in [6.07, 6.45) is 2.36. The number of likely N-dealkylation sites (tertiary alicyclic amines) is 1. The van der Waals surface area contributed by atoms with E-state index in [0.717, 1.165) is 32.4 Å². The summed E-state index contributed by atoms with van der Waals surface area (Å²) < 4.78 is 9.65. The van der Waals surface area contributed by atoms with Crippen LogP contribution in [0.25, 0.3) is 0 Å². The highest BCUT2D eigenvalue weighted by Crippen LogP contribution is 2.17. The van der Waals surface area contributed by atoms with Crippen LogP contribution in [0, 0.1) is 5.92 Å². The van der Waals surface area contributed by atoms with Crippen LogP contribution in [-0.2, 0) is 19.1 Å². The van der Waals surface area contributed by atoms with Crippen LogP contribution in [0.3, 0.4) is 0 Å². The number of rotatable bonds is 7. The lowest BCUT2D eigenvalue weighted by molar-refractivity contribution is -0.147. The van der Waals surface area contributed by atoms with Crippen LogP contribution in [0.4, 0.5) is 0 Å². The summed E-state index contributed by atoms with van der Waals surface area (Å²) in [7, 11) is 3.06. The number of hydrogen-bond acceptors (Lipinski definition) is 5. The zero-order valence-corrected chi connectivity index (χ0v) is 11.8. The molecule has 6 heteroatoms. The normalized spacial score (nSPS) is 17.2. The number of piperidine rings is 1. The van der Waals surface area contributed by atoms with E-state index < -0.39 is 0 Å². The highest BCUT2D eigenvalue weighted by Gasteiger charge is 2.26. The third-order valence-corrected chi connectivity index (χ3v) is 3.34. The molecule has 1 aliphatic heterocycles. The van der Waals surface area contributed by atoms with E-state index in [1.165, 1.54) is 7.11 Å². The Bertz CT molecular complexity index is 288. The Morgan fingerprint density at radius 1 is 1.26 bits per heavy atom. The van der Waals surface area contributed by atoms with Crippen molar-refractivity contribution in [3.05, 3.63) is 0 Å². The van der Waals surface area contributed by atoms with Crippen molar-refractivity contribution >= 4 is 11.9 Å². The molecule has 1 fully saturated rings. The number of carbonyl (C=O) groups excluding carboxylic acids is 2. The van der Waals surface area contributed by atoms with Crippen molar-refractivity contribution in [2.24, 2.45) is 5.92 Å². The van der Waals surface area contributed by atoms with Crippen LogP contribution in [0.15, 0.2) is 0 Å². The fourth-order valence-corrected chi connectivity index (χ4v) is 2.20. The first kappa shape index (κ1) is 15.9. The lowest BCUT2D eigenvalue weighted by Gasteiger charge is -2.29. The molecule has 1 rings (SSSR count). The largest absolute Gasteiger partial charge is 0.469 e. The van der Waals surface area contributed by atoms with Crippen LogP contribution >= 0.6 is 0 Å². The Morgan fingerprint density at radius 3 is 2.53 bits per heavy atom. The molecule has 0 bridgehead atoms. The second kappa shape index (κ2) is 8.87. The lowest BCUT2D eigenvalue weighted by atomic mass is 9.97. The van der Waals surface area contributed by atoms with E-state index in [0.29, 0.717) is 19.7 Å². The fraction of sp³-hybridized carbons (Fsp3) is 0.846. The van der Waals surface area contributed by atoms with E-state index in [2.05, 4.69) is 10.2 Å². The molecule has 0 atom stereocenters. The maximum atomic E-state index is 11.7. The molecular weight excluding hydrogens is 248 g/mol. The Labute approximate surface area is 114 Å². The number of nitrogens with zero attached hydrogens (tertiary/aromatic N) is 1. The predicted octanol–water partition coefficient (Wildman–Crippen LogP) is 0.0241. The van der Waals surface area contributed by atoms with Gasteiger partial charge in [-0.1, -0.05) is 0 Å². The van der Waals surface area contributed by atoms with Gasteiger partial charge < -0.3 is 14.8 Å². The van der Waals surface area contributed by atoms with Crippen molar-refractivity contribution < 1.29 is 19.1 Å². The molecule has 0 aromatic heterocycles. The van der Waals surface area contributed by atoms with Crippen molar-refractivity contribution in [1.82, 2.24) is 10.2 Å². The molecule has 110 valence electrons. The molecule has 0 spiro atoms. The SMILES string of the molecule is COCCCNC(=O)CN1CCC(C(=O)OC)CC1. The molecule has 0 aromatic carbocycles. The average molecular weight is 272 g/mol. The van der Waals surface area contributed by atoms with E-state index in [-0.39, 0.29) is 17.8 Å². The van der Waals surface area contributed by atoms with Gasteiger partial charge >= 0.3 is 5.97 Å². The quantitative estimate of drug-likeness (QED) is 0.523. The molecule has 1 N–H and O–H groups in total. The predicted molar refractivity (Wildman–Crippen MR) is 70.7 cm³/mol. The number of nitrogens with one attached hydrogen (secondary N) is 1. The molecule has 0 aliphatic carbocycles. The Balaban J connectivity index is 2.14. The van der Waals surface area contributed by atoms with Crippen LogP contribution < -0.4 is 5.32 Å². The summed E-state index contributed by atoms with van der Waals surface area (Å²) in [6, 6.07) is 0. The molecule has 1 saturated heterocycles. The summed E-state index contributed by atoms with van der Waals surface area (Å²) >= 11 is 0. The van der Waals surface area contributed by atoms with Gasteiger partial charge in [-0.3, -0.25) is 14.5 Å². The summed E-state index contributed by atoms with van der Waals surface area (Å²) in [5.41, 5.74) is 0. The van der Waals surface area contributed by atoms with E-state index in [1.807, 2.05) is 0 Å². The first-order valence-corrected chi connectivity index (χ1v) is 6.73. The van der Waals surface area contributed by atoms with E-state index in [4.69, 9.17) is 9.47 Å². The number of carbonyl (C=O) groups is 2. The van der Waals surface area contributed by atoms with E-state index in [9.17, 15) is 9.59 Å². The van der Waals surface area contributed by atoms with Crippen LogP contribution in [0.5, 0.6) is 0 Å². The molecular formula is C13H24N2O4. The van der Waals surface area contributed by atoms with Crippen molar-refractivity contribution in [2.75, 3.05) is 47.0 Å². The van der Waals surface area contributed by atoms with Gasteiger partial charge in [0.25, 0.3) is 0 Å². The number of ether oxygens (including phenoxy) is 2. The van der Waals surface area contributed by atoms with Crippen molar-refractivity contribution in [3.8, 4) is 0 Å². The van der Waals surface area contributed by atoms with Gasteiger partial charge in [-0.15, -0.1) is 0 Å². The molecule has 0 radical (unpaired) electrons. The highest BCUT2D eigenvalue weighted by atomic mass is 16.5. The smallest absolute Gasteiger partial charge is 0.308 e. The maximum Gasteiger partial charge on any atom is 0.308 e. The minimum Gasteiger partial charge on any atom is -0.469 e. The monoisotopic (exact) mass is 272 g/mol. The third-order valence-electron chi connectivity index (χ3n) is 3.34. The molecule has 1 aliphatic rings. The molecule has 6 nitrogen and oxygen atoms in total. The van der Waals surface area contributed by atoms with Gasteiger partial charge in [-0.05, 0) is 32.4 Å². The minimum atomic E-state index is -0.135. The first-order valence-electron chi connectivity index (χ1n) is 6.73. The summed E-state index contributed by atoms with van der Waals surface area (Å²) in [5, 5.41) is 2.86. The summed E-state index contributed by atoms with van der Waals surface area (Å²) in [5.74, 6) is -0.109. The molecule has 0 unspecified atom stereocenters. The van der Waals surface area contributed by atoms with Crippen LogP contribution in [-0.4, -0.2) is 63.8 Å². The van der Waals surface area contributed by atoms with Gasteiger partial charge in [0.2, 0.25) is 5.91 Å². The molecule has 1 amide bonds. The average Bonchev–Trinajstić information content (AvgIpc) is 2.43. The van der Waals surface area contributed by atoms with Gasteiger partial charge in [0.1, 0.15) is 0 Å². The van der Waals surface area contributed by atoms with Crippen molar-refractivity contribution in [3.63, 3.8) is 0 Å². The van der Waals surface area contributed by atoms with E-state index >= 15 is 0 Å². The molecule has 0 aromatic rings. The minimum absolute atomic E-state index is 0.00832. The number of methoxy groups -OCH3 is 2. The third kappa shape index (κ3) is 6.02. The first-order chi connectivity index (χ1) is 9.17. The van der Waals surface area contributed by atoms with Gasteiger partial charge in [0.15, 0.2) is 0 Å². The zero-order chi connectivity index (χ0) is 14.1. The maximum absolute atomic E-state index is 11.7. The topological polar surface area (TPSA) is 67.9 Å². The van der Waals surface area contributed by atoms with Crippen molar-refractivity contribution in [1.29, 1.82) is 0 Å². The second-order valence-corrected chi connectivity index (χ2v) is 4.77. The summed E-state index contributed by atoms with van der Waals surface area (Å²) in [6.45, 7) is 3.24. The Hall–Kier alpha value is -1.14.